The van der Waals surface area contributed by atoms with Crippen molar-refractivity contribution in [2.75, 3.05) is 19.6 Å². The van der Waals surface area contributed by atoms with Gasteiger partial charge in [0.2, 0.25) is 0 Å². The first-order valence-corrected chi connectivity index (χ1v) is 8.56. The van der Waals surface area contributed by atoms with Gasteiger partial charge >= 0.3 is 0 Å². The summed E-state index contributed by atoms with van der Waals surface area (Å²) in [5.41, 5.74) is 2.67. The zero-order valence-electron chi connectivity index (χ0n) is 13.4. The summed E-state index contributed by atoms with van der Waals surface area (Å²) in [4.78, 5) is 2.49. The molecule has 0 aliphatic rings. The first-order valence-electron chi connectivity index (χ1n) is 7.77. The van der Waals surface area contributed by atoms with Crippen LogP contribution in [0.2, 0.25) is 0 Å². The SMILES string of the molecule is CCN(CC)CCCC(C)NCc1ccc(Br)c(C)c1. The van der Waals surface area contributed by atoms with Crippen LogP contribution in [0.1, 0.15) is 44.7 Å². The molecule has 1 aromatic rings. The highest BCUT2D eigenvalue weighted by Gasteiger charge is 2.04. The van der Waals surface area contributed by atoms with Crippen LogP contribution in [-0.4, -0.2) is 30.6 Å². The van der Waals surface area contributed by atoms with E-state index in [1.807, 2.05) is 0 Å². The molecule has 0 saturated heterocycles. The van der Waals surface area contributed by atoms with E-state index >= 15 is 0 Å². The molecule has 1 unspecified atom stereocenters. The number of nitrogens with one attached hydrogen (secondary N) is 1. The summed E-state index contributed by atoms with van der Waals surface area (Å²) in [6.07, 6.45) is 2.52. The van der Waals surface area contributed by atoms with Crippen LogP contribution in [0.25, 0.3) is 0 Å². The molecular formula is C17H29BrN2. The van der Waals surface area contributed by atoms with Crippen LogP contribution in [0.5, 0.6) is 0 Å². The van der Waals surface area contributed by atoms with Gasteiger partial charge in [-0.15, -0.1) is 0 Å². The van der Waals surface area contributed by atoms with Gasteiger partial charge in [0.25, 0.3) is 0 Å². The van der Waals surface area contributed by atoms with E-state index < -0.39 is 0 Å². The Morgan fingerprint density at radius 3 is 2.55 bits per heavy atom. The summed E-state index contributed by atoms with van der Waals surface area (Å²) in [5.74, 6) is 0. The third-order valence-corrected chi connectivity index (χ3v) is 4.77. The second-order valence-corrected chi connectivity index (χ2v) is 6.39. The first kappa shape index (κ1) is 17.7. The zero-order valence-corrected chi connectivity index (χ0v) is 15.0. The van der Waals surface area contributed by atoms with Crippen LogP contribution >= 0.6 is 15.9 Å². The van der Waals surface area contributed by atoms with Crippen molar-refractivity contribution in [3.05, 3.63) is 33.8 Å². The van der Waals surface area contributed by atoms with E-state index in [9.17, 15) is 0 Å². The average molecular weight is 341 g/mol. The van der Waals surface area contributed by atoms with Crippen LogP contribution in [0, 0.1) is 6.92 Å². The Morgan fingerprint density at radius 1 is 1.25 bits per heavy atom. The lowest BCUT2D eigenvalue weighted by Crippen LogP contribution is -2.28. The molecule has 2 nitrogen and oxygen atoms in total. The Morgan fingerprint density at radius 2 is 1.95 bits per heavy atom. The van der Waals surface area contributed by atoms with Crippen LogP contribution in [0.4, 0.5) is 0 Å². The Labute approximate surface area is 133 Å². The maximum Gasteiger partial charge on any atom is 0.0208 e. The topological polar surface area (TPSA) is 15.3 Å². The molecule has 1 N–H and O–H groups in total. The van der Waals surface area contributed by atoms with Crippen molar-refractivity contribution in [1.29, 1.82) is 0 Å². The Bertz CT molecular complexity index is 389. The molecule has 0 bridgehead atoms. The monoisotopic (exact) mass is 340 g/mol. The smallest absolute Gasteiger partial charge is 0.0208 e. The summed E-state index contributed by atoms with van der Waals surface area (Å²) in [6, 6.07) is 7.15. The minimum Gasteiger partial charge on any atom is -0.310 e. The number of benzene rings is 1. The van der Waals surface area contributed by atoms with Crippen molar-refractivity contribution in [2.45, 2.75) is 53.1 Å². The summed E-state index contributed by atoms with van der Waals surface area (Å²) in [7, 11) is 0. The molecule has 114 valence electrons. The molecule has 1 atom stereocenters. The Balaban J connectivity index is 2.25. The third-order valence-electron chi connectivity index (χ3n) is 3.88. The van der Waals surface area contributed by atoms with Crippen molar-refractivity contribution in [2.24, 2.45) is 0 Å². The van der Waals surface area contributed by atoms with Crippen molar-refractivity contribution in [3.8, 4) is 0 Å². The van der Waals surface area contributed by atoms with E-state index in [0.717, 1.165) is 19.6 Å². The van der Waals surface area contributed by atoms with Gasteiger partial charge in [-0.3, -0.25) is 0 Å². The predicted molar refractivity (Wildman–Crippen MR) is 92.2 cm³/mol. The Hall–Kier alpha value is -0.380. The normalized spacial score (nSPS) is 12.9. The van der Waals surface area contributed by atoms with Crippen LogP contribution in [0.15, 0.2) is 22.7 Å². The van der Waals surface area contributed by atoms with E-state index in [0.29, 0.717) is 6.04 Å². The minimum atomic E-state index is 0.578. The van der Waals surface area contributed by atoms with Gasteiger partial charge in [0, 0.05) is 17.1 Å². The lowest BCUT2D eigenvalue weighted by atomic mass is 10.1. The summed E-state index contributed by atoms with van der Waals surface area (Å²) >= 11 is 3.55. The van der Waals surface area contributed by atoms with Gasteiger partial charge in [-0.25, -0.2) is 0 Å². The molecule has 0 aliphatic heterocycles. The van der Waals surface area contributed by atoms with E-state index in [4.69, 9.17) is 0 Å². The number of hydrogen-bond donors (Lipinski definition) is 1. The van der Waals surface area contributed by atoms with Crippen molar-refractivity contribution >= 4 is 15.9 Å². The highest BCUT2D eigenvalue weighted by molar-refractivity contribution is 9.10. The quantitative estimate of drug-likeness (QED) is 0.718. The molecule has 20 heavy (non-hydrogen) atoms. The van der Waals surface area contributed by atoms with Gasteiger partial charge in [0.15, 0.2) is 0 Å². The van der Waals surface area contributed by atoms with E-state index in [-0.39, 0.29) is 0 Å². The molecule has 1 rings (SSSR count). The molecule has 0 radical (unpaired) electrons. The summed E-state index contributed by atoms with van der Waals surface area (Å²) in [5, 5.41) is 3.62. The number of rotatable bonds is 9. The third kappa shape index (κ3) is 6.38. The summed E-state index contributed by atoms with van der Waals surface area (Å²) in [6.45, 7) is 13.4. The lowest BCUT2D eigenvalue weighted by Gasteiger charge is -2.20. The molecular weight excluding hydrogens is 312 g/mol. The second kappa shape index (κ2) is 9.54. The molecule has 0 saturated carbocycles. The van der Waals surface area contributed by atoms with Gasteiger partial charge in [-0.05, 0) is 63.5 Å². The van der Waals surface area contributed by atoms with E-state index in [1.165, 1.54) is 35.0 Å². The number of halogens is 1. The number of nitrogens with zero attached hydrogens (tertiary/aromatic N) is 1. The fraction of sp³-hybridized carbons (Fsp3) is 0.647. The highest BCUT2D eigenvalue weighted by Crippen LogP contribution is 2.17. The fourth-order valence-corrected chi connectivity index (χ4v) is 2.62. The van der Waals surface area contributed by atoms with E-state index in [2.05, 4.69) is 72.0 Å². The van der Waals surface area contributed by atoms with Gasteiger partial charge in [-0.1, -0.05) is 41.9 Å². The number of hydrogen-bond acceptors (Lipinski definition) is 2. The minimum absolute atomic E-state index is 0.578. The Kier molecular flexibility index (Phi) is 8.43. The van der Waals surface area contributed by atoms with Crippen LogP contribution in [-0.2, 0) is 6.54 Å². The maximum atomic E-state index is 3.62. The molecule has 0 aromatic heterocycles. The molecule has 0 fully saturated rings. The zero-order chi connectivity index (χ0) is 15.0. The van der Waals surface area contributed by atoms with Crippen LogP contribution < -0.4 is 5.32 Å². The summed E-state index contributed by atoms with van der Waals surface area (Å²) < 4.78 is 1.19. The van der Waals surface area contributed by atoms with Gasteiger partial charge in [-0.2, -0.15) is 0 Å². The molecule has 0 aliphatic carbocycles. The van der Waals surface area contributed by atoms with Crippen LogP contribution in [0.3, 0.4) is 0 Å². The lowest BCUT2D eigenvalue weighted by molar-refractivity contribution is 0.290. The van der Waals surface area contributed by atoms with E-state index in [1.54, 1.807) is 0 Å². The van der Waals surface area contributed by atoms with Gasteiger partial charge in [0.05, 0.1) is 0 Å². The first-order chi connectivity index (χ1) is 9.56. The van der Waals surface area contributed by atoms with Gasteiger partial charge in [0.1, 0.15) is 0 Å². The fourth-order valence-electron chi connectivity index (χ4n) is 2.37. The molecule has 3 heteroatoms. The van der Waals surface area contributed by atoms with Crippen molar-refractivity contribution in [1.82, 2.24) is 10.2 Å². The number of aryl methyl sites for hydroxylation is 1. The molecule has 1 aromatic carbocycles. The average Bonchev–Trinajstić information content (AvgIpc) is 2.45. The van der Waals surface area contributed by atoms with Gasteiger partial charge < -0.3 is 10.2 Å². The standard InChI is InChI=1S/C17H29BrN2/c1-5-20(6-2)11-7-8-15(4)19-13-16-9-10-17(18)14(3)12-16/h9-10,12,15,19H,5-8,11,13H2,1-4H3. The molecule has 0 heterocycles. The molecule has 0 spiro atoms. The second-order valence-electron chi connectivity index (χ2n) is 5.53. The largest absolute Gasteiger partial charge is 0.310 e. The van der Waals surface area contributed by atoms with Crippen molar-refractivity contribution in [3.63, 3.8) is 0 Å². The van der Waals surface area contributed by atoms with Crippen molar-refractivity contribution < 1.29 is 0 Å². The highest BCUT2D eigenvalue weighted by atomic mass is 79.9. The predicted octanol–water partition coefficient (Wildman–Crippen LogP) is 4.36. The molecule has 0 amide bonds. The maximum absolute atomic E-state index is 3.62.